The number of halogens is 1. The second-order valence-electron chi connectivity index (χ2n) is 5.19. The van der Waals surface area contributed by atoms with Crippen LogP contribution >= 0.6 is 27.7 Å². The van der Waals surface area contributed by atoms with Gasteiger partial charge in [0.25, 0.3) is 15.3 Å². The maximum atomic E-state index is 12.5. The normalized spacial score (nSPS) is 11.0. The van der Waals surface area contributed by atoms with Gasteiger partial charge in [0.15, 0.2) is 0 Å². The summed E-state index contributed by atoms with van der Waals surface area (Å²) >= 11 is 4.34. The van der Waals surface area contributed by atoms with Crippen LogP contribution in [0.4, 0.5) is 10.5 Å². The lowest BCUT2D eigenvalue weighted by atomic mass is 10.3. The third-order valence-corrected chi connectivity index (χ3v) is 6.16. The van der Waals surface area contributed by atoms with Crippen LogP contribution in [0.1, 0.15) is 0 Å². The predicted molar refractivity (Wildman–Crippen MR) is 103 cm³/mol. The van der Waals surface area contributed by atoms with Crippen molar-refractivity contribution >= 4 is 48.6 Å². The molecular formula is C16H17BrN2O4S2. The van der Waals surface area contributed by atoms with Crippen LogP contribution in [-0.4, -0.2) is 39.8 Å². The zero-order valence-electron chi connectivity index (χ0n) is 13.8. The van der Waals surface area contributed by atoms with Crippen molar-refractivity contribution < 1.29 is 17.9 Å². The lowest BCUT2D eigenvalue weighted by molar-refractivity contribution is 0.241. The highest BCUT2D eigenvalue weighted by atomic mass is 79.9. The minimum Gasteiger partial charge on any atom is -0.496 e. The molecule has 25 heavy (non-hydrogen) atoms. The Labute approximate surface area is 159 Å². The van der Waals surface area contributed by atoms with Crippen LogP contribution in [0.3, 0.4) is 0 Å². The van der Waals surface area contributed by atoms with Crippen LogP contribution in [0.5, 0.6) is 5.75 Å². The third-order valence-electron chi connectivity index (χ3n) is 3.11. The van der Waals surface area contributed by atoms with Gasteiger partial charge in [-0.05, 0) is 70.2 Å². The molecule has 2 aromatic carbocycles. The first-order valence-electron chi connectivity index (χ1n) is 7.08. The second-order valence-corrected chi connectivity index (χ2v) is 8.75. The molecule has 0 saturated carbocycles. The van der Waals surface area contributed by atoms with E-state index in [2.05, 4.69) is 20.7 Å². The molecular weight excluding hydrogens is 428 g/mol. The van der Waals surface area contributed by atoms with E-state index in [0.717, 1.165) is 16.7 Å². The predicted octanol–water partition coefficient (Wildman–Crippen LogP) is 4.03. The average molecular weight is 445 g/mol. The van der Waals surface area contributed by atoms with E-state index in [-0.39, 0.29) is 10.1 Å². The van der Waals surface area contributed by atoms with E-state index < -0.39 is 10.0 Å². The first kappa shape index (κ1) is 19.6. The number of carbonyl (C=O) groups is 1. The van der Waals surface area contributed by atoms with Gasteiger partial charge in [0.2, 0.25) is 0 Å². The lowest BCUT2D eigenvalue weighted by Gasteiger charge is -2.11. The van der Waals surface area contributed by atoms with E-state index in [0.29, 0.717) is 15.9 Å². The highest BCUT2D eigenvalue weighted by Gasteiger charge is 2.16. The molecule has 0 spiro atoms. The minimum absolute atomic E-state index is 0.101. The Balaban J connectivity index is 2.15. The Hall–Kier alpha value is -1.71. The number of ether oxygens (including phenoxy) is 1. The Bertz CT molecular complexity index is 868. The van der Waals surface area contributed by atoms with Crippen molar-refractivity contribution in [3.63, 3.8) is 0 Å². The van der Waals surface area contributed by atoms with Crippen molar-refractivity contribution in [3.05, 3.63) is 46.9 Å². The van der Waals surface area contributed by atoms with Gasteiger partial charge in [0.05, 0.1) is 16.5 Å². The molecule has 0 bridgehead atoms. The van der Waals surface area contributed by atoms with E-state index in [1.165, 1.54) is 24.1 Å². The number of hydrogen-bond donors (Lipinski definition) is 1. The molecule has 1 N–H and O–H groups in total. The number of nitrogens with one attached hydrogen (secondary N) is 1. The van der Waals surface area contributed by atoms with Crippen LogP contribution in [-0.2, 0) is 10.0 Å². The molecule has 9 heteroatoms. The average Bonchev–Trinajstić information content (AvgIpc) is 2.56. The van der Waals surface area contributed by atoms with Gasteiger partial charge in [-0.3, -0.25) is 9.52 Å². The summed E-state index contributed by atoms with van der Waals surface area (Å²) in [6.07, 6.45) is 0. The van der Waals surface area contributed by atoms with Gasteiger partial charge in [-0.1, -0.05) is 0 Å². The molecule has 0 aliphatic rings. The Morgan fingerprint density at radius 1 is 1.16 bits per heavy atom. The summed E-state index contributed by atoms with van der Waals surface area (Å²) in [6.45, 7) is 0. The van der Waals surface area contributed by atoms with E-state index >= 15 is 0 Å². The molecule has 0 radical (unpaired) electrons. The fraction of sp³-hybridized carbons (Fsp3) is 0.188. The highest BCUT2D eigenvalue weighted by Crippen LogP contribution is 2.29. The maximum Gasteiger partial charge on any atom is 0.285 e. The number of thioether (sulfide) groups is 1. The van der Waals surface area contributed by atoms with Crippen molar-refractivity contribution in [2.24, 2.45) is 0 Å². The monoisotopic (exact) mass is 444 g/mol. The molecule has 0 aliphatic heterocycles. The maximum absolute atomic E-state index is 12.5. The minimum atomic E-state index is -3.73. The fourth-order valence-corrected chi connectivity index (χ4v) is 4.24. The third kappa shape index (κ3) is 5.13. The van der Waals surface area contributed by atoms with Crippen LogP contribution in [0.25, 0.3) is 0 Å². The van der Waals surface area contributed by atoms with Crippen molar-refractivity contribution in [1.82, 2.24) is 4.90 Å². The molecule has 0 aliphatic carbocycles. The van der Waals surface area contributed by atoms with Crippen molar-refractivity contribution in [3.8, 4) is 5.75 Å². The number of carbonyl (C=O) groups excluding carboxylic acids is 1. The van der Waals surface area contributed by atoms with Crippen LogP contribution in [0, 0.1) is 0 Å². The molecule has 0 fully saturated rings. The largest absolute Gasteiger partial charge is 0.496 e. The summed E-state index contributed by atoms with van der Waals surface area (Å²) in [5, 5.41) is -0.101. The first-order valence-corrected chi connectivity index (χ1v) is 10.2. The van der Waals surface area contributed by atoms with Crippen molar-refractivity contribution in [2.45, 2.75) is 9.79 Å². The Kier molecular flexibility index (Phi) is 6.36. The molecule has 6 nitrogen and oxygen atoms in total. The van der Waals surface area contributed by atoms with Gasteiger partial charge in [-0.25, -0.2) is 8.42 Å². The number of anilines is 1. The summed E-state index contributed by atoms with van der Waals surface area (Å²) in [6, 6.07) is 11.1. The number of methoxy groups -OCH3 is 1. The Morgan fingerprint density at radius 2 is 1.80 bits per heavy atom. The summed E-state index contributed by atoms with van der Waals surface area (Å²) in [5.41, 5.74) is 0.411. The zero-order valence-corrected chi connectivity index (χ0v) is 17.0. The molecule has 1 amide bonds. The van der Waals surface area contributed by atoms with Crippen LogP contribution < -0.4 is 9.46 Å². The van der Waals surface area contributed by atoms with Gasteiger partial charge in [-0.2, -0.15) is 0 Å². The zero-order chi connectivity index (χ0) is 18.6. The van der Waals surface area contributed by atoms with Crippen molar-refractivity contribution in [1.29, 1.82) is 0 Å². The summed E-state index contributed by atoms with van der Waals surface area (Å²) in [5.74, 6) is 0.547. The lowest BCUT2D eigenvalue weighted by Crippen LogP contribution is -2.16. The topological polar surface area (TPSA) is 75.7 Å². The van der Waals surface area contributed by atoms with Crippen LogP contribution in [0.15, 0.2) is 56.7 Å². The summed E-state index contributed by atoms with van der Waals surface area (Å²) < 4.78 is 33.1. The first-order chi connectivity index (χ1) is 11.7. The highest BCUT2D eigenvalue weighted by molar-refractivity contribution is 9.10. The molecule has 0 atom stereocenters. The molecule has 134 valence electrons. The number of rotatable bonds is 5. The quantitative estimate of drug-likeness (QED) is 0.704. The smallest absolute Gasteiger partial charge is 0.285 e. The van der Waals surface area contributed by atoms with Gasteiger partial charge in [0.1, 0.15) is 5.75 Å². The SMILES string of the molecule is COc1ccc(S(=O)(=O)Nc2ccc(SC(=O)N(C)C)cc2)cc1Br. The number of benzene rings is 2. The van der Waals surface area contributed by atoms with Gasteiger partial charge in [0, 0.05) is 24.7 Å². The molecule has 0 unspecified atom stereocenters. The summed E-state index contributed by atoms with van der Waals surface area (Å²) in [4.78, 5) is 14.0. The fourth-order valence-electron chi connectivity index (χ4n) is 1.81. The number of sulfonamides is 1. The molecule has 2 aromatic rings. The molecule has 0 aromatic heterocycles. The number of amides is 1. The standard InChI is InChI=1S/C16H17BrN2O4S2/c1-19(2)16(20)24-12-6-4-11(5-7-12)18-25(21,22)13-8-9-15(23-3)14(17)10-13/h4-10,18H,1-3H3. The summed E-state index contributed by atoms with van der Waals surface area (Å²) in [7, 11) is 1.12. The van der Waals surface area contributed by atoms with Crippen molar-refractivity contribution in [2.75, 3.05) is 25.9 Å². The van der Waals surface area contributed by atoms with Gasteiger partial charge in [-0.15, -0.1) is 0 Å². The Morgan fingerprint density at radius 3 is 2.32 bits per heavy atom. The molecule has 0 saturated heterocycles. The van der Waals surface area contributed by atoms with E-state index in [4.69, 9.17) is 4.74 Å². The van der Waals surface area contributed by atoms with E-state index in [1.54, 1.807) is 44.4 Å². The molecule has 0 heterocycles. The van der Waals surface area contributed by atoms with E-state index in [1.807, 2.05) is 0 Å². The van der Waals surface area contributed by atoms with Crippen LogP contribution in [0.2, 0.25) is 0 Å². The number of nitrogens with zero attached hydrogens (tertiary/aromatic N) is 1. The van der Waals surface area contributed by atoms with E-state index in [9.17, 15) is 13.2 Å². The van der Waals surface area contributed by atoms with Gasteiger partial charge < -0.3 is 9.64 Å². The second kappa shape index (κ2) is 8.11. The van der Waals surface area contributed by atoms with Gasteiger partial charge >= 0.3 is 0 Å². The number of hydrogen-bond acceptors (Lipinski definition) is 5. The molecule has 2 rings (SSSR count).